The highest BCUT2D eigenvalue weighted by Crippen LogP contribution is 2.28. The van der Waals surface area contributed by atoms with E-state index < -0.39 is 40.8 Å². The van der Waals surface area contributed by atoms with Crippen molar-refractivity contribution in [1.82, 2.24) is 4.98 Å². The van der Waals surface area contributed by atoms with Crippen LogP contribution in [0.15, 0.2) is 11.0 Å². The molecule has 1 aromatic heterocycles. The van der Waals surface area contributed by atoms with E-state index in [0.717, 1.165) is 0 Å². The fourth-order valence-electron chi connectivity index (χ4n) is 1.14. The van der Waals surface area contributed by atoms with Gasteiger partial charge in [0.1, 0.15) is 16.8 Å². The number of hydrogen-bond donors (Lipinski definition) is 2. The number of carboxylic acids is 1. The number of aromatic carboxylic acids is 1. The first kappa shape index (κ1) is 13.1. The molecular formula is C8H4F5NO3. The summed E-state index contributed by atoms with van der Waals surface area (Å²) in [6.45, 7) is 0. The lowest BCUT2D eigenvalue weighted by Gasteiger charge is -2.09. The molecule has 0 bridgehead atoms. The Morgan fingerprint density at radius 1 is 1.35 bits per heavy atom. The van der Waals surface area contributed by atoms with Crippen LogP contribution in [0, 0.1) is 0 Å². The number of H-pyrrole nitrogens is 1. The predicted octanol–water partition coefficient (Wildman–Crippen LogP) is 2.03. The number of carbonyl (C=O) groups is 1. The number of carboxylic acid groups (broad SMARTS) is 1. The van der Waals surface area contributed by atoms with Gasteiger partial charge in [-0.1, -0.05) is 0 Å². The first-order valence-corrected chi connectivity index (χ1v) is 4.00. The van der Waals surface area contributed by atoms with Gasteiger partial charge in [-0.25, -0.2) is 13.6 Å². The van der Waals surface area contributed by atoms with E-state index in [1.165, 1.54) is 4.98 Å². The Morgan fingerprint density at radius 3 is 2.24 bits per heavy atom. The highest BCUT2D eigenvalue weighted by molar-refractivity contribution is 5.89. The van der Waals surface area contributed by atoms with Crippen LogP contribution in [-0.4, -0.2) is 16.1 Å². The van der Waals surface area contributed by atoms with Gasteiger partial charge in [-0.05, 0) is 0 Å². The van der Waals surface area contributed by atoms with Crippen molar-refractivity contribution in [1.29, 1.82) is 0 Å². The van der Waals surface area contributed by atoms with Gasteiger partial charge in [0.15, 0.2) is 0 Å². The molecule has 0 aliphatic rings. The SMILES string of the molecule is O=C(O)c1c(C(F)F)[nH]cc(C(F)(F)F)c1=O. The van der Waals surface area contributed by atoms with E-state index in [4.69, 9.17) is 5.11 Å². The molecule has 0 fully saturated rings. The lowest BCUT2D eigenvalue weighted by molar-refractivity contribution is -0.138. The lowest BCUT2D eigenvalue weighted by atomic mass is 10.1. The third kappa shape index (κ3) is 2.43. The monoisotopic (exact) mass is 257 g/mol. The summed E-state index contributed by atoms with van der Waals surface area (Å²) in [7, 11) is 0. The standard InChI is InChI=1S/C8H4F5NO3/c9-6(10)4-3(7(16)17)5(15)2(1-14-4)8(11,12)13/h1,6H,(H,14,15)(H,16,17). The van der Waals surface area contributed by atoms with Crippen LogP contribution in [0.3, 0.4) is 0 Å². The average molecular weight is 257 g/mol. The number of aromatic amines is 1. The van der Waals surface area contributed by atoms with Gasteiger partial charge in [0.25, 0.3) is 6.43 Å². The highest BCUT2D eigenvalue weighted by atomic mass is 19.4. The van der Waals surface area contributed by atoms with E-state index in [9.17, 15) is 31.5 Å². The second-order valence-corrected chi connectivity index (χ2v) is 2.92. The Hall–Kier alpha value is -1.93. The van der Waals surface area contributed by atoms with E-state index >= 15 is 0 Å². The summed E-state index contributed by atoms with van der Waals surface area (Å²) in [5, 5.41) is 8.46. The van der Waals surface area contributed by atoms with Crippen LogP contribution in [0.2, 0.25) is 0 Å². The van der Waals surface area contributed by atoms with Crippen molar-refractivity contribution in [3.05, 3.63) is 33.2 Å². The molecule has 1 heterocycles. The van der Waals surface area contributed by atoms with Crippen molar-refractivity contribution in [2.75, 3.05) is 0 Å². The zero-order valence-corrected chi connectivity index (χ0v) is 7.81. The molecule has 94 valence electrons. The van der Waals surface area contributed by atoms with Crippen molar-refractivity contribution in [3.8, 4) is 0 Å². The van der Waals surface area contributed by atoms with Crippen molar-refractivity contribution < 1.29 is 31.9 Å². The highest BCUT2D eigenvalue weighted by Gasteiger charge is 2.37. The summed E-state index contributed by atoms with van der Waals surface area (Å²) in [5.74, 6) is -2.15. The van der Waals surface area contributed by atoms with Crippen molar-refractivity contribution in [2.24, 2.45) is 0 Å². The van der Waals surface area contributed by atoms with Gasteiger partial charge in [-0.15, -0.1) is 0 Å². The summed E-state index contributed by atoms with van der Waals surface area (Å²) in [6.07, 6.45) is -8.48. The summed E-state index contributed by atoms with van der Waals surface area (Å²) in [6, 6.07) is 0. The average Bonchev–Trinajstić information content (AvgIpc) is 2.13. The van der Waals surface area contributed by atoms with Crippen LogP contribution in [-0.2, 0) is 6.18 Å². The maximum atomic E-state index is 12.3. The number of pyridine rings is 1. The molecule has 0 radical (unpaired) electrons. The molecule has 0 spiro atoms. The molecule has 0 saturated heterocycles. The number of rotatable bonds is 2. The molecule has 0 aliphatic heterocycles. The van der Waals surface area contributed by atoms with E-state index in [0.29, 0.717) is 0 Å². The Kier molecular flexibility index (Phi) is 3.21. The van der Waals surface area contributed by atoms with Gasteiger partial charge in [0.05, 0.1) is 0 Å². The minimum Gasteiger partial charge on any atom is -0.477 e. The van der Waals surface area contributed by atoms with Gasteiger partial charge in [-0.2, -0.15) is 13.2 Å². The third-order valence-corrected chi connectivity index (χ3v) is 1.85. The maximum Gasteiger partial charge on any atom is 0.421 e. The molecule has 1 aromatic rings. The van der Waals surface area contributed by atoms with Gasteiger partial charge in [0.2, 0.25) is 5.43 Å². The second-order valence-electron chi connectivity index (χ2n) is 2.92. The summed E-state index contributed by atoms with van der Waals surface area (Å²) >= 11 is 0. The Balaban J connectivity index is 3.62. The van der Waals surface area contributed by atoms with Gasteiger partial charge in [-0.3, -0.25) is 4.79 Å². The second kappa shape index (κ2) is 4.15. The number of halogens is 5. The minimum atomic E-state index is -5.11. The van der Waals surface area contributed by atoms with Gasteiger partial charge < -0.3 is 10.1 Å². The summed E-state index contributed by atoms with van der Waals surface area (Å²) in [5.41, 5.74) is -6.77. The number of nitrogens with one attached hydrogen (secondary N) is 1. The van der Waals surface area contributed by atoms with Crippen LogP contribution in [0.25, 0.3) is 0 Å². The lowest BCUT2D eigenvalue weighted by Crippen LogP contribution is -2.27. The summed E-state index contributed by atoms with van der Waals surface area (Å²) < 4.78 is 61.2. The zero-order chi connectivity index (χ0) is 13.4. The number of alkyl halides is 5. The quantitative estimate of drug-likeness (QED) is 0.796. The van der Waals surface area contributed by atoms with E-state index in [2.05, 4.69) is 0 Å². The fraction of sp³-hybridized carbons (Fsp3) is 0.250. The zero-order valence-electron chi connectivity index (χ0n) is 7.81. The Labute approximate surface area is 89.7 Å². The summed E-state index contributed by atoms with van der Waals surface area (Å²) in [4.78, 5) is 23.1. The topological polar surface area (TPSA) is 70.2 Å². The largest absolute Gasteiger partial charge is 0.477 e. The Bertz CT molecular complexity index is 505. The molecule has 0 aromatic carbocycles. The molecule has 0 atom stereocenters. The Morgan fingerprint density at radius 2 is 1.88 bits per heavy atom. The molecule has 9 heteroatoms. The normalized spacial score (nSPS) is 11.9. The first-order chi connectivity index (χ1) is 7.66. The molecule has 0 saturated carbocycles. The maximum absolute atomic E-state index is 12.3. The van der Waals surface area contributed by atoms with Crippen molar-refractivity contribution in [2.45, 2.75) is 12.6 Å². The molecule has 0 unspecified atom stereocenters. The van der Waals surface area contributed by atoms with Gasteiger partial charge in [0, 0.05) is 6.20 Å². The fourth-order valence-corrected chi connectivity index (χ4v) is 1.14. The van der Waals surface area contributed by atoms with Crippen LogP contribution in [0.4, 0.5) is 22.0 Å². The molecule has 4 nitrogen and oxygen atoms in total. The molecule has 17 heavy (non-hydrogen) atoms. The third-order valence-electron chi connectivity index (χ3n) is 1.85. The van der Waals surface area contributed by atoms with E-state index in [-0.39, 0.29) is 6.20 Å². The molecule has 1 rings (SSSR count). The number of hydrogen-bond acceptors (Lipinski definition) is 2. The smallest absolute Gasteiger partial charge is 0.421 e. The molecule has 0 aliphatic carbocycles. The van der Waals surface area contributed by atoms with E-state index in [1.54, 1.807) is 0 Å². The van der Waals surface area contributed by atoms with Crippen LogP contribution >= 0.6 is 0 Å². The van der Waals surface area contributed by atoms with E-state index in [1.807, 2.05) is 0 Å². The van der Waals surface area contributed by atoms with Crippen molar-refractivity contribution >= 4 is 5.97 Å². The van der Waals surface area contributed by atoms with Crippen LogP contribution in [0.5, 0.6) is 0 Å². The van der Waals surface area contributed by atoms with Crippen LogP contribution < -0.4 is 5.43 Å². The van der Waals surface area contributed by atoms with Crippen molar-refractivity contribution in [3.63, 3.8) is 0 Å². The van der Waals surface area contributed by atoms with Gasteiger partial charge >= 0.3 is 12.1 Å². The minimum absolute atomic E-state index is 0.0241. The molecule has 2 N–H and O–H groups in total. The number of aromatic nitrogens is 1. The van der Waals surface area contributed by atoms with Crippen LogP contribution in [0.1, 0.15) is 28.0 Å². The molecule has 0 amide bonds. The predicted molar refractivity (Wildman–Crippen MR) is 44.0 cm³/mol. The first-order valence-electron chi connectivity index (χ1n) is 4.00. The molecular weight excluding hydrogens is 253 g/mol.